The van der Waals surface area contributed by atoms with Gasteiger partial charge in [-0.15, -0.1) is 0 Å². The largest absolute Gasteiger partial charge is 0.507 e. The van der Waals surface area contributed by atoms with Crippen LogP contribution in [-0.4, -0.2) is 30.6 Å². The second-order valence-corrected chi connectivity index (χ2v) is 5.87. The van der Waals surface area contributed by atoms with E-state index in [1.54, 1.807) is 6.07 Å². The molecule has 2 aromatic carbocycles. The lowest BCUT2D eigenvalue weighted by Crippen LogP contribution is -2.12. The summed E-state index contributed by atoms with van der Waals surface area (Å²) in [7, 11) is 4.17. The SMILES string of the molecule is CN(C)CC/C=C1\c2ccccc2C=Cc2c(O)cccc21. The van der Waals surface area contributed by atoms with Gasteiger partial charge in [0, 0.05) is 12.1 Å². The number of hydrogen-bond acceptors (Lipinski definition) is 2. The van der Waals surface area contributed by atoms with E-state index in [9.17, 15) is 5.11 Å². The zero-order valence-electron chi connectivity index (χ0n) is 13.1. The second kappa shape index (κ2) is 6.20. The Morgan fingerprint density at radius 2 is 1.73 bits per heavy atom. The van der Waals surface area contributed by atoms with Crippen molar-refractivity contribution < 1.29 is 5.11 Å². The Kier molecular flexibility index (Phi) is 4.12. The molecule has 0 fully saturated rings. The number of phenolic OH excluding ortho intramolecular Hbond substituents is 1. The maximum Gasteiger partial charge on any atom is 0.123 e. The zero-order valence-corrected chi connectivity index (χ0v) is 13.1. The number of phenols is 1. The third kappa shape index (κ3) is 2.83. The summed E-state index contributed by atoms with van der Waals surface area (Å²) < 4.78 is 0. The van der Waals surface area contributed by atoms with Crippen molar-refractivity contribution in [1.29, 1.82) is 0 Å². The lowest BCUT2D eigenvalue weighted by molar-refractivity contribution is 0.417. The Hall–Kier alpha value is -2.32. The van der Waals surface area contributed by atoms with Crippen LogP contribution >= 0.6 is 0 Å². The van der Waals surface area contributed by atoms with Gasteiger partial charge in [-0.1, -0.05) is 54.6 Å². The molecule has 0 atom stereocenters. The minimum Gasteiger partial charge on any atom is -0.507 e. The van der Waals surface area contributed by atoms with Crippen molar-refractivity contribution in [3.63, 3.8) is 0 Å². The van der Waals surface area contributed by atoms with Gasteiger partial charge in [-0.05, 0) is 48.8 Å². The smallest absolute Gasteiger partial charge is 0.123 e. The Morgan fingerprint density at radius 3 is 2.55 bits per heavy atom. The molecule has 0 aliphatic heterocycles. The minimum absolute atomic E-state index is 0.333. The lowest BCUT2D eigenvalue weighted by atomic mass is 9.92. The van der Waals surface area contributed by atoms with Crippen molar-refractivity contribution >= 4 is 17.7 Å². The summed E-state index contributed by atoms with van der Waals surface area (Å²) in [5.74, 6) is 0.333. The van der Waals surface area contributed by atoms with Crippen LogP contribution in [0.4, 0.5) is 0 Å². The standard InChI is InChI=1S/C20H21NO/c1-21(2)14-6-10-17-16-8-4-3-7-15(16)12-13-19-18(17)9-5-11-20(19)22/h3-5,7-13,22H,6,14H2,1-2H3/b17-10+. The third-order valence-electron chi connectivity index (χ3n) is 3.98. The number of fused-ring (bicyclic) bond motifs is 2. The van der Waals surface area contributed by atoms with Gasteiger partial charge in [-0.2, -0.15) is 0 Å². The van der Waals surface area contributed by atoms with Gasteiger partial charge in [0.2, 0.25) is 0 Å². The molecule has 3 rings (SSSR count). The molecule has 0 saturated heterocycles. The molecule has 2 aromatic rings. The van der Waals surface area contributed by atoms with Crippen molar-refractivity contribution in [2.45, 2.75) is 6.42 Å². The van der Waals surface area contributed by atoms with E-state index in [-0.39, 0.29) is 0 Å². The number of aromatic hydroxyl groups is 1. The average molecular weight is 291 g/mol. The first-order valence-electron chi connectivity index (χ1n) is 7.61. The van der Waals surface area contributed by atoms with Crippen LogP contribution in [0, 0.1) is 0 Å². The molecule has 0 heterocycles. The quantitative estimate of drug-likeness (QED) is 0.779. The van der Waals surface area contributed by atoms with Crippen molar-refractivity contribution in [2.24, 2.45) is 0 Å². The molecule has 1 N–H and O–H groups in total. The lowest BCUT2D eigenvalue weighted by Gasteiger charge is -2.14. The Balaban J connectivity index is 2.15. The normalized spacial score (nSPS) is 14.8. The molecule has 0 spiro atoms. The monoisotopic (exact) mass is 291 g/mol. The molecule has 2 nitrogen and oxygen atoms in total. The second-order valence-electron chi connectivity index (χ2n) is 5.87. The van der Waals surface area contributed by atoms with E-state index in [0.29, 0.717) is 5.75 Å². The Morgan fingerprint density at radius 1 is 0.955 bits per heavy atom. The predicted octanol–water partition coefficient (Wildman–Crippen LogP) is 4.26. The summed E-state index contributed by atoms with van der Waals surface area (Å²) in [6.07, 6.45) is 7.35. The molecule has 22 heavy (non-hydrogen) atoms. The predicted molar refractivity (Wildman–Crippen MR) is 93.7 cm³/mol. The molecule has 0 aromatic heterocycles. The third-order valence-corrected chi connectivity index (χ3v) is 3.98. The first-order valence-corrected chi connectivity index (χ1v) is 7.61. The fourth-order valence-corrected chi connectivity index (χ4v) is 2.86. The van der Waals surface area contributed by atoms with Gasteiger partial charge in [0.05, 0.1) is 0 Å². The van der Waals surface area contributed by atoms with Gasteiger partial charge < -0.3 is 10.0 Å². The zero-order chi connectivity index (χ0) is 15.5. The molecule has 2 heteroatoms. The van der Waals surface area contributed by atoms with E-state index in [1.807, 2.05) is 12.1 Å². The molecular weight excluding hydrogens is 270 g/mol. The molecule has 0 bridgehead atoms. The molecule has 0 unspecified atom stereocenters. The topological polar surface area (TPSA) is 23.5 Å². The van der Waals surface area contributed by atoms with Crippen LogP contribution in [0.5, 0.6) is 5.75 Å². The highest BCUT2D eigenvalue weighted by Crippen LogP contribution is 2.37. The maximum absolute atomic E-state index is 10.2. The van der Waals surface area contributed by atoms with Gasteiger partial charge in [0.1, 0.15) is 5.75 Å². The van der Waals surface area contributed by atoms with E-state index in [4.69, 9.17) is 0 Å². The van der Waals surface area contributed by atoms with Gasteiger partial charge in [0.25, 0.3) is 0 Å². The number of benzene rings is 2. The summed E-state index contributed by atoms with van der Waals surface area (Å²) in [6, 6.07) is 14.1. The van der Waals surface area contributed by atoms with E-state index < -0.39 is 0 Å². The molecule has 112 valence electrons. The van der Waals surface area contributed by atoms with Crippen LogP contribution in [0.25, 0.3) is 17.7 Å². The summed E-state index contributed by atoms with van der Waals surface area (Å²) in [6.45, 7) is 1.01. The van der Waals surface area contributed by atoms with E-state index >= 15 is 0 Å². The minimum atomic E-state index is 0.333. The Labute approximate surface area is 132 Å². The first-order chi connectivity index (χ1) is 10.7. The van der Waals surface area contributed by atoms with Gasteiger partial charge in [-0.3, -0.25) is 0 Å². The highest BCUT2D eigenvalue weighted by Gasteiger charge is 2.16. The fourth-order valence-electron chi connectivity index (χ4n) is 2.86. The van der Waals surface area contributed by atoms with Crippen molar-refractivity contribution in [3.05, 3.63) is 70.8 Å². The van der Waals surface area contributed by atoms with E-state index in [2.05, 4.69) is 61.5 Å². The number of nitrogens with zero attached hydrogens (tertiary/aromatic N) is 1. The molecule has 1 aliphatic rings. The van der Waals surface area contributed by atoms with Crippen molar-refractivity contribution in [3.8, 4) is 5.75 Å². The van der Waals surface area contributed by atoms with Gasteiger partial charge >= 0.3 is 0 Å². The van der Waals surface area contributed by atoms with E-state index in [1.165, 1.54) is 16.7 Å². The summed E-state index contributed by atoms with van der Waals surface area (Å²) >= 11 is 0. The van der Waals surface area contributed by atoms with Crippen LogP contribution in [0.2, 0.25) is 0 Å². The van der Waals surface area contributed by atoms with Crippen LogP contribution in [0.15, 0.2) is 48.5 Å². The fraction of sp³-hybridized carbons (Fsp3) is 0.200. The highest BCUT2D eigenvalue weighted by atomic mass is 16.3. The summed E-state index contributed by atoms with van der Waals surface area (Å²) in [5, 5.41) is 10.2. The van der Waals surface area contributed by atoms with Crippen LogP contribution in [0.3, 0.4) is 0 Å². The van der Waals surface area contributed by atoms with Crippen LogP contribution < -0.4 is 0 Å². The summed E-state index contributed by atoms with van der Waals surface area (Å²) in [4.78, 5) is 2.18. The van der Waals surface area contributed by atoms with E-state index in [0.717, 1.165) is 24.1 Å². The summed E-state index contributed by atoms with van der Waals surface area (Å²) in [5.41, 5.74) is 5.61. The number of rotatable bonds is 3. The van der Waals surface area contributed by atoms with Crippen LogP contribution in [-0.2, 0) is 0 Å². The first kappa shape index (κ1) is 14.6. The van der Waals surface area contributed by atoms with Crippen LogP contribution in [0.1, 0.15) is 28.7 Å². The highest BCUT2D eigenvalue weighted by molar-refractivity contribution is 5.94. The molecule has 0 amide bonds. The Bertz CT molecular complexity index is 741. The van der Waals surface area contributed by atoms with Gasteiger partial charge in [-0.25, -0.2) is 0 Å². The molecule has 0 radical (unpaired) electrons. The number of hydrogen-bond donors (Lipinski definition) is 1. The maximum atomic E-state index is 10.2. The van der Waals surface area contributed by atoms with Crippen molar-refractivity contribution in [1.82, 2.24) is 4.90 Å². The molecule has 1 aliphatic carbocycles. The molecular formula is C20H21NO. The van der Waals surface area contributed by atoms with Crippen molar-refractivity contribution in [2.75, 3.05) is 20.6 Å². The average Bonchev–Trinajstić information content (AvgIpc) is 2.66. The molecule has 0 saturated carbocycles. The van der Waals surface area contributed by atoms with Gasteiger partial charge in [0.15, 0.2) is 0 Å².